The van der Waals surface area contributed by atoms with Gasteiger partial charge in [0.05, 0.1) is 12.3 Å². The third-order valence-electron chi connectivity index (χ3n) is 1.95. The molecule has 0 saturated heterocycles. The van der Waals surface area contributed by atoms with Gasteiger partial charge in [-0.3, -0.25) is 20.0 Å². The Labute approximate surface area is 100 Å². The highest BCUT2D eigenvalue weighted by atomic mass is 16.5. The van der Waals surface area contributed by atoms with Crippen molar-refractivity contribution in [1.29, 1.82) is 0 Å². The highest BCUT2D eigenvalue weighted by Crippen LogP contribution is 2.10. The molecule has 0 aliphatic heterocycles. The highest BCUT2D eigenvalue weighted by molar-refractivity contribution is 5.80. The van der Waals surface area contributed by atoms with E-state index >= 15 is 0 Å². The molecule has 92 valence electrons. The van der Waals surface area contributed by atoms with Gasteiger partial charge in [0.25, 0.3) is 0 Å². The number of esters is 1. The Bertz CT molecular complexity index is 379. The van der Waals surface area contributed by atoms with Gasteiger partial charge in [-0.1, -0.05) is 18.2 Å². The van der Waals surface area contributed by atoms with Crippen LogP contribution in [-0.2, 0) is 14.3 Å². The van der Waals surface area contributed by atoms with E-state index in [2.05, 4.69) is 5.43 Å². The second kappa shape index (κ2) is 6.52. The number of nitrogens with one attached hydrogen (secondary N) is 1. The molecule has 5 nitrogen and oxygen atoms in total. The molecular formula is C12H16N2O3. The van der Waals surface area contributed by atoms with E-state index in [0.29, 0.717) is 6.61 Å². The first-order valence-electron chi connectivity index (χ1n) is 5.39. The molecule has 1 N–H and O–H groups in total. The highest BCUT2D eigenvalue weighted by Gasteiger charge is 2.12. The molecular weight excluding hydrogens is 220 g/mol. The van der Waals surface area contributed by atoms with Crippen molar-refractivity contribution < 1.29 is 14.3 Å². The number of para-hydroxylation sites is 1. The third kappa shape index (κ3) is 4.55. The average Bonchev–Trinajstić information content (AvgIpc) is 2.29. The predicted molar refractivity (Wildman–Crippen MR) is 64.2 cm³/mol. The summed E-state index contributed by atoms with van der Waals surface area (Å²) in [6.07, 6.45) is 0. The Morgan fingerprint density at radius 3 is 2.47 bits per heavy atom. The monoisotopic (exact) mass is 236 g/mol. The van der Waals surface area contributed by atoms with Gasteiger partial charge in [0.15, 0.2) is 0 Å². The summed E-state index contributed by atoms with van der Waals surface area (Å²) in [5, 5.41) is 1.46. The van der Waals surface area contributed by atoms with E-state index < -0.39 is 0 Å². The lowest BCUT2D eigenvalue weighted by Crippen LogP contribution is -2.44. The van der Waals surface area contributed by atoms with Crippen LogP contribution in [0.3, 0.4) is 0 Å². The molecule has 1 aromatic carbocycles. The SMILES string of the molecule is CCOC(=O)CN(NC(C)=O)c1ccccc1. The number of hydrazine groups is 1. The molecule has 0 unspecified atom stereocenters. The Kier molecular flexibility index (Phi) is 5.00. The molecule has 0 atom stereocenters. The molecule has 0 saturated carbocycles. The third-order valence-corrected chi connectivity index (χ3v) is 1.95. The normalized spacial score (nSPS) is 9.53. The maximum atomic E-state index is 11.4. The number of anilines is 1. The van der Waals surface area contributed by atoms with Crippen LogP contribution in [0.25, 0.3) is 0 Å². The molecule has 0 aliphatic carbocycles. The Hall–Kier alpha value is -2.04. The van der Waals surface area contributed by atoms with Gasteiger partial charge in [-0.2, -0.15) is 0 Å². The predicted octanol–water partition coefficient (Wildman–Crippen LogP) is 1.11. The van der Waals surface area contributed by atoms with Gasteiger partial charge in [-0.25, -0.2) is 0 Å². The summed E-state index contributed by atoms with van der Waals surface area (Å²) in [4.78, 5) is 22.5. The molecule has 0 radical (unpaired) electrons. The maximum Gasteiger partial charge on any atom is 0.327 e. The van der Waals surface area contributed by atoms with Crippen molar-refractivity contribution in [3.8, 4) is 0 Å². The molecule has 0 aromatic heterocycles. The molecule has 0 bridgehead atoms. The Morgan fingerprint density at radius 2 is 1.94 bits per heavy atom. The quantitative estimate of drug-likeness (QED) is 0.614. The number of nitrogens with zero attached hydrogens (tertiary/aromatic N) is 1. The van der Waals surface area contributed by atoms with Crippen LogP contribution in [0.4, 0.5) is 5.69 Å². The summed E-state index contributed by atoms with van der Waals surface area (Å²) in [7, 11) is 0. The summed E-state index contributed by atoms with van der Waals surface area (Å²) in [6, 6.07) is 9.12. The number of ether oxygens (including phenoxy) is 1. The lowest BCUT2D eigenvalue weighted by atomic mass is 10.3. The maximum absolute atomic E-state index is 11.4. The van der Waals surface area contributed by atoms with E-state index in [9.17, 15) is 9.59 Å². The number of benzene rings is 1. The number of carbonyl (C=O) groups is 2. The van der Waals surface area contributed by atoms with Crippen LogP contribution < -0.4 is 10.4 Å². The van der Waals surface area contributed by atoms with E-state index in [1.54, 1.807) is 19.1 Å². The molecule has 1 amide bonds. The number of hydrogen-bond donors (Lipinski definition) is 1. The summed E-state index contributed by atoms with van der Waals surface area (Å²) >= 11 is 0. The molecule has 0 spiro atoms. The Balaban J connectivity index is 2.74. The molecule has 0 aliphatic rings. The largest absolute Gasteiger partial charge is 0.465 e. The number of rotatable bonds is 5. The zero-order chi connectivity index (χ0) is 12.7. The van der Waals surface area contributed by atoms with E-state index in [-0.39, 0.29) is 18.4 Å². The van der Waals surface area contributed by atoms with Crippen LogP contribution in [0.5, 0.6) is 0 Å². The fourth-order valence-corrected chi connectivity index (χ4v) is 1.33. The van der Waals surface area contributed by atoms with Gasteiger partial charge >= 0.3 is 5.97 Å². The van der Waals surface area contributed by atoms with Crippen molar-refractivity contribution in [2.24, 2.45) is 0 Å². The smallest absolute Gasteiger partial charge is 0.327 e. The van der Waals surface area contributed by atoms with Gasteiger partial charge in [-0.05, 0) is 19.1 Å². The van der Waals surface area contributed by atoms with Crippen molar-refractivity contribution in [1.82, 2.24) is 5.43 Å². The number of amides is 1. The second-order valence-corrected chi connectivity index (χ2v) is 3.39. The van der Waals surface area contributed by atoms with Crippen LogP contribution in [0.15, 0.2) is 30.3 Å². The first-order valence-corrected chi connectivity index (χ1v) is 5.39. The molecule has 0 heterocycles. The van der Waals surface area contributed by atoms with Gasteiger partial charge < -0.3 is 4.74 Å². The van der Waals surface area contributed by atoms with Crippen molar-refractivity contribution in [3.63, 3.8) is 0 Å². The lowest BCUT2D eigenvalue weighted by Gasteiger charge is -2.23. The first kappa shape index (κ1) is 13.0. The van der Waals surface area contributed by atoms with E-state index in [0.717, 1.165) is 5.69 Å². The fourth-order valence-electron chi connectivity index (χ4n) is 1.33. The topological polar surface area (TPSA) is 58.6 Å². The minimum absolute atomic E-state index is 0.0164. The minimum Gasteiger partial charge on any atom is -0.465 e. The zero-order valence-corrected chi connectivity index (χ0v) is 9.97. The van der Waals surface area contributed by atoms with Gasteiger partial charge in [0.1, 0.15) is 6.54 Å². The van der Waals surface area contributed by atoms with E-state index in [4.69, 9.17) is 4.74 Å². The first-order chi connectivity index (χ1) is 8.13. The van der Waals surface area contributed by atoms with Crippen LogP contribution in [0.2, 0.25) is 0 Å². The van der Waals surface area contributed by atoms with Gasteiger partial charge in [0, 0.05) is 6.92 Å². The molecule has 0 fully saturated rings. The van der Waals surface area contributed by atoms with Crippen LogP contribution in [0.1, 0.15) is 13.8 Å². The van der Waals surface area contributed by atoms with Crippen LogP contribution in [-0.4, -0.2) is 25.0 Å². The van der Waals surface area contributed by atoms with Crippen LogP contribution >= 0.6 is 0 Å². The van der Waals surface area contributed by atoms with Gasteiger partial charge in [0.2, 0.25) is 5.91 Å². The summed E-state index contributed by atoms with van der Waals surface area (Å²) in [5.41, 5.74) is 3.31. The molecule has 5 heteroatoms. The minimum atomic E-state index is -0.384. The second-order valence-electron chi connectivity index (χ2n) is 3.39. The molecule has 1 rings (SSSR count). The van der Waals surface area contributed by atoms with E-state index in [1.165, 1.54) is 11.9 Å². The summed E-state index contributed by atoms with van der Waals surface area (Å²) < 4.78 is 4.84. The number of hydrogen-bond acceptors (Lipinski definition) is 4. The Morgan fingerprint density at radius 1 is 1.29 bits per heavy atom. The average molecular weight is 236 g/mol. The fraction of sp³-hybridized carbons (Fsp3) is 0.333. The van der Waals surface area contributed by atoms with Crippen molar-refractivity contribution in [2.75, 3.05) is 18.2 Å². The summed E-state index contributed by atoms with van der Waals surface area (Å²) in [6.45, 7) is 3.43. The summed E-state index contributed by atoms with van der Waals surface area (Å²) in [5.74, 6) is -0.622. The lowest BCUT2D eigenvalue weighted by molar-refractivity contribution is -0.141. The van der Waals surface area contributed by atoms with E-state index in [1.807, 2.05) is 18.2 Å². The zero-order valence-electron chi connectivity index (χ0n) is 9.97. The van der Waals surface area contributed by atoms with Crippen LogP contribution in [0, 0.1) is 0 Å². The van der Waals surface area contributed by atoms with Crippen molar-refractivity contribution in [3.05, 3.63) is 30.3 Å². The van der Waals surface area contributed by atoms with Crippen molar-refractivity contribution in [2.45, 2.75) is 13.8 Å². The molecule has 17 heavy (non-hydrogen) atoms. The molecule has 1 aromatic rings. The van der Waals surface area contributed by atoms with Gasteiger partial charge in [-0.15, -0.1) is 0 Å². The van der Waals surface area contributed by atoms with Crippen molar-refractivity contribution >= 4 is 17.6 Å². The standard InChI is InChI=1S/C12H16N2O3/c1-3-17-12(16)9-14(13-10(2)15)11-7-5-4-6-8-11/h4-8H,3,9H2,1-2H3,(H,13,15). The number of carbonyl (C=O) groups excluding carboxylic acids is 2.